The predicted molar refractivity (Wildman–Crippen MR) is 112 cm³/mol. The van der Waals surface area contributed by atoms with Crippen LogP contribution in [-0.2, 0) is 23.2 Å². The number of amides is 2. The average Bonchev–Trinajstić information content (AvgIpc) is 3.33. The summed E-state index contributed by atoms with van der Waals surface area (Å²) in [5.74, 6) is 2.56. The Kier molecular flexibility index (Phi) is 7.95. The molecule has 0 aliphatic carbocycles. The van der Waals surface area contributed by atoms with Gasteiger partial charge in [-0.25, -0.2) is 0 Å². The number of nitrogens with zero attached hydrogens (tertiary/aromatic N) is 4. The number of benzene rings is 1. The van der Waals surface area contributed by atoms with Crippen molar-refractivity contribution in [1.29, 1.82) is 0 Å². The summed E-state index contributed by atoms with van der Waals surface area (Å²) in [6.07, 6.45) is 2.35. The van der Waals surface area contributed by atoms with Crippen LogP contribution in [0.2, 0.25) is 0 Å². The van der Waals surface area contributed by atoms with Gasteiger partial charge in [0.25, 0.3) is 0 Å². The third-order valence-corrected chi connectivity index (χ3v) is 5.80. The molecule has 0 radical (unpaired) electrons. The van der Waals surface area contributed by atoms with Gasteiger partial charge in [-0.15, -0.1) is 10.2 Å². The van der Waals surface area contributed by atoms with Crippen LogP contribution in [-0.4, -0.2) is 64.0 Å². The standard InChI is InChI=1S/C20H27N5O4S/c1-24-17(13-29-16-8-6-15(28-2)7-9-16)22-23-20(24)30-14-18(26)21-10-4-12-25-11-3-5-19(25)27/h6-9H,3-5,10-14H2,1-2H3,(H,21,26). The van der Waals surface area contributed by atoms with E-state index in [1.54, 1.807) is 7.11 Å². The van der Waals surface area contributed by atoms with E-state index >= 15 is 0 Å². The largest absolute Gasteiger partial charge is 0.497 e. The molecule has 30 heavy (non-hydrogen) atoms. The third kappa shape index (κ3) is 6.12. The predicted octanol–water partition coefficient (Wildman–Crippen LogP) is 1.62. The number of rotatable bonds is 11. The monoisotopic (exact) mass is 433 g/mol. The minimum atomic E-state index is -0.0632. The van der Waals surface area contributed by atoms with Gasteiger partial charge < -0.3 is 24.3 Å². The molecule has 0 spiro atoms. The van der Waals surface area contributed by atoms with Gasteiger partial charge in [-0.2, -0.15) is 0 Å². The maximum absolute atomic E-state index is 12.1. The highest BCUT2D eigenvalue weighted by Gasteiger charge is 2.19. The van der Waals surface area contributed by atoms with Crippen LogP contribution in [0.3, 0.4) is 0 Å². The van der Waals surface area contributed by atoms with Crippen molar-refractivity contribution in [3.63, 3.8) is 0 Å². The van der Waals surface area contributed by atoms with Crippen molar-refractivity contribution in [3.8, 4) is 11.5 Å². The van der Waals surface area contributed by atoms with Crippen LogP contribution >= 0.6 is 11.8 Å². The van der Waals surface area contributed by atoms with Gasteiger partial charge in [-0.1, -0.05) is 11.8 Å². The molecule has 2 amide bonds. The number of likely N-dealkylation sites (tertiary alicyclic amines) is 1. The fourth-order valence-electron chi connectivity index (χ4n) is 3.04. The average molecular weight is 434 g/mol. The highest BCUT2D eigenvalue weighted by Crippen LogP contribution is 2.19. The first-order valence-electron chi connectivity index (χ1n) is 9.89. The number of thioether (sulfide) groups is 1. The Morgan fingerprint density at radius 1 is 1.23 bits per heavy atom. The zero-order chi connectivity index (χ0) is 21.3. The van der Waals surface area contributed by atoms with Gasteiger partial charge >= 0.3 is 0 Å². The van der Waals surface area contributed by atoms with Gasteiger partial charge in [0.2, 0.25) is 11.8 Å². The van der Waals surface area contributed by atoms with Crippen molar-refractivity contribution in [2.45, 2.75) is 31.0 Å². The van der Waals surface area contributed by atoms with Gasteiger partial charge in [0.1, 0.15) is 18.1 Å². The molecular formula is C20H27N5O4S. The Balaban J connectivity index is 1.36. The lowest BCUT2D eigenvalue weighted by Gasteiger charge is -2.15. The molecule has 2 aromatic rings. The smallest absolute Gasteiger partial charge is 0.230 e. The molecule has 1 aromatic carbocycles. The molecule has 1 N–H and O–H groups in total. The van der Waals surface area contributed by atoms with Crippen molar-refractivity contribution in [2.24, 2.45) is 7.05 Å². The number of ether oxygens (including phenoxy) is 2. The summed E-state index contributed by atoms with van der Waals surface area (Å²) >= 11 is 1.33. The molecule has 0 bridgehead atoms. The summed E-state index contributed by atoms with van der Waals surface area (Å²) < 4.78 is 12.7. The van der Waals surface area contributed by atoms with Crippen LogP contribution in [0.15, 0.2) is 29.4 Å². The number of aromatic nitrogens is 3. The van der Waals surface area contributed by atoms with E-state index in [1.165, 1.54) is 11.8 Å². The van der Waals surface area contributed by atoms with Crippen molar-refractivity contribution in [3.05, 3.63) is 30.1 Å². The molecule has 9 nitrogen and oxygen atoms in total. The number of carbonyl (C=O) groups excluding carboxylic acids is 2. The van der Waals surface area contributed by atoms with Crippen LogP contribution < -0.4 is 14.8 Å². The minimum Gasteiger partial charge on any atom is -0.497 e. The molecule has 2 heterocycles. The summed E-state index contributed by atoms with van der Waals surface area (Å²) in [6.45, 7) is 2.37. The van der Waals surface area contributed by atoms with Crippen molar-refractivity contribution >= 4 is 23.6 Å². The van der Waals surface area contributed by atoms with E-state index in [-0.39, 0.29) is 24.2 Å². The number of hydrogen-bond donors (Lipinski definition) is 1. The molecule has 1 fully saturated rings. The van der Waals surface area contributed by atoms with Gasteiger partial charge in [0.05, 0.1) is 12.9 Å². The zero-order valence-electron chi connectivity index (χ0n) is 17.3. The van der Waals surface area contributed by atoms with Crippen molar-refractivity contribution in [2.75, 3.05) is 32.5 Å². The summed E-state index contributed by atoms with van der Waals surface area (Å²) in [4.78, 5) is 25.5. The summed E-state index contributed by atoms with van der Waals surface area (Å²) in [6, 6.07) is 7.31. The normalized spacial score (nSPS) is 13.5. The Bertz CT molecular complexity index is 855. The molecular weight excluding hydrogens is 406 g/mol. The Morgan fingerprint density at radius 3 is 2.70 bits per heavy atom. The minimum absolute atomic E-state index is 0.0632. The molecule has 162 valence electrons. The maximum Gasteiger partial charge on any atom is 0.230 e. The lowest BCUT2D eigenvalue weighted by atomic mass is 10.3. The van der Waals surface area contributed by atoms with Crippen LogP contribution in [0.5, 0.6) is 11.5 Å². The van der Waals surface area contributed by atoms with Gasteiger partial charge in [-0.05, 0) is 37.1 Å². The van der Waals surface area contributed by atoms with E-state index < -0.39 is 0 Å². The molecule has 0 saturated carbocycles. The second-order valence-electron chi connectivity index (χ2n) is 6.90. The van der Waals surface area contributed by atoms with Crippen LogP contribution in [0.25, 0.3) is 0 Å². The fraction of sp³-hybridized carbons (Fsp3) is 0.500. The summed E-state index contributed by atoms with van der Waals surface area (Å²) in [5.41, 5.74) is 0. The van der Waals surface area contributed by atoms with E-state index in [0.717, 1.165) is 25.1 Å². The third-order valence-electron chi connectivity index (χ3n) is 4.78. The Labute approximate surface area is 180 Å². The van der Waals surface area contributed by atoms with E-state index in [9.17, 15) is 9.59 Å². The molecule has 0 atom stereocenters. The molecule has 3 rings (SSSR count). The fourth-order valence-corrected chi connectivity index (χ4v) is 3.80. The molecule has 0 unspecified atom stereocenters. The molecule has 10 heteroatoms. The first-order valence-corrected chi connectivity index (χ1v) is 10.9. The maximum atomic E-state index is 12.1. The summed E-state index contributed by atoms with van der Waals surface area (Å²) in [7, 11) is 3.46. The zero-order valence-corrected chi connectivity index (χ0v) is 18.1. The number of methoxy groups -OCH3 is 1. The van der Waals surface area contributed by atoms with Gasteiger partial charge in [0, 0.05) is 33.1 Å². The van der Waals surface area contributed by atoms with Crippen LogP contribution in [0.4, 0.5) is 0 Å². The van der Waals surface area contributed by atoms with E-state index in [0.29, 0.717) is 36.2 Å². The Hall–Kier alpha value is -2.75. The first-order chi connectivity index (χ1) is 14.6. The quantitative estimate of drug-likeness (QED) is 0.425. The lowest BCUT2D eigenvalue weighted by Crippen LogP contribution is -2.31. The van der Waals surface area contributed by atoms with Gasteiger partial charge in [-0.3, -0.25) is 9.59 Å². The topological polar surface area (TPSA) is 98.6 Å². The van der Waals surface area contributed by atoms with Crippen molar-refractivity contribution in [1.82, 2.24) is 25.0 Å². The summed E-state index contributed by atoms with van der Waals surface area (Å²) in [5, 5.41) is 11.8. The number of hydrogen-bond acceptors (Lipinski definition) is 7. The van der Waals surface area contributed by atoms with Crippen molar-refractivity contribution < 1.29 is 19.1 Å². The van der Waals surface area contributed by atoms with E-state index in [1.807, 2.05) is 40.8 Å². The molecule has 1 saturated heterocycles. The number of nitrogens with one attached hydrogen (secondary N) is 1. The Morgan fingerprint density at radius 2 is 2.00 bits per heavy atom. The second kappa shape index (κ2) is 10.9. The molecule has 1 aliphatic heterocycles. The highest BCUT2D eigenvalue weighted by molar-refractivity contribution is 7.99. The van der Waals surface area contributed by atoms with E-state index in [2.05, 4.69) is 15.5 Å². The first kappa shape index (κ1) is 21.9. The van der Waals surface area contributed by atoms with Crippen LogP contribution in [0, 0.1) is 0 Å². The molecule has 1 aliphatic rings. The number of carbonyl (C=O) groups is 2. The van der Waals surface area contributed by atoms with E-state index in [4.69, 9.17) is 9.47 Å². The molecule has 1 aromatic heterocycles. The second-order valence-corrected chi connectivity index (χ2v) is 7.84. The van der Waals surface area contributed by atoms with Crippen LogP contribution in [0.1, 0.15) is 25.1 Å². The SMILES string of the molecule is COc1ccc(OCc2nnc(SCC(=O)NCCCN3CCCC3=O)n2C)cc1. The lowest BCUT2D eigenvalue weighted by molar-refractivity contribution is -0.127. The van der Waals surface area contributed by atoms with Gasteiger partial charge in [0.15, 0.2) is 11.0 Å². The highest BCUT2D eigenvalue weighted by atomic mass is 32.2.